The number of unbranched alkanes of at least 4 members (excludes halogenated alkanes) is 7. The summed E-state index contributed by atoms with van der Waals surface area (Å²) < 4.78 is 5.38. The Hall–Kier alpha value is -0.790. The van der Waals surface area contributed by atoms with Gasteiger partial charge in [0.05, 0.1) is 6.61 Å². The molecule has 1 unspecified atom stereocenters. The molecule has 22 heavy (non-hydrogen) atoms. The molecule has 0 aromatic heterocycles. The van der Waals surface area contributed by atoms with Gasteiger partial charge in [0.15, 0.2) is 0 Å². The van der Waals surface area contributed by atoms with Crippen LogP contribution in [0.3, 0.4) is 0 Å². The second-order valence-electron chi connectivity index (χ2n) is 6.97. The highest BCUT2D eigenvalue weighted by atomic mass is 16.5. The van der Waals surface area contributed by atoms with E-state index in [1.807, 2.05) is 0 Å². The lowest BCUT2D eigenvalue weighted by Gasteiger charge is -2.12. The van der Waals surface area contributed by atoms with Gasteiger partial charge in [-0.2, -0.15) is 0 Å². The first-order valence-electron chi connectivity index (χ1n) is 9.56. The highest BCUT2D eigenvalue weighted by Crippen LogP contribution is 2.24. The first kappa shape index (κ1) is 19.3. The molecule has 0 spiro atoms. The maximum Gasteiger partial charge on any atom is 0.305 e. The summed E-state index contributed by atoms with van der Waals surface area (Å²) in [6.07, 6.45) is 17.9. The smallest absolute Gasteiger partial charge is 0.305 e. The predicted octanol–water partition coefficient (Wildman–Crippen LogP) is 6.20. The summed E-state index contributed by atoms with van der Waals surface area (Å²) in [6.45, 7) is 5.03. The van der Waals surface area contributed by atoms with Crippen molar-refractivity contribution in [1.82, 2.24) is 0 Å². The van der Waals surface area contributed by atoms with Gasteiger partial charge >= 0.3 is 5.97 Å². The van der Waals surface area contributed by atoms with E-state index in [1.54, 1.807) is 5.57 Å². The first-order valence-corrected chi connectivity index (χ1v) is 9.56. The summed E-state index contributed by atoms with van der Waals surface area (Å²) in [6, 6.07) is 0. The average molecular weight is 309 g/mol. The summed E-state index contributed by atoms with van der Waals surface area (Å²) in [5, 5.41) is 0. The summed E-state index contributed by atoms with van der Waals surface area (Å²) in [5.41, 5.74) is 1.65. The standard InChI is InChI=1S/C20H36O2/c1-3-4-5-9-12-18(2)17-22-20(21)14-11-8-6-7-10-13-19-15-16-19/h15,18H,3-14,16-17H2,1-2H3. The Morgan fingerprint density at radius 2 is 1.77 bits per heavy atom. The van der Waals surface area contributed by atoms with Gasteiger partial charge in [0, 0.05) is 6.42 Å². The third-order valence-corrected chi connectivity index (χ3v) is 4.45. The molecule has 0 aromatic rings. The lowest BCUT2D eigenvalue weighted by molar-refractivity contribution is -0.145. The van der Waals surface area contributed by atoms with E-state index in [-0.39, 0.29) is 5.97 Å². The zero-order valence-electron chi connectivity index (χ0n) is 14.9. The Labute approximate surface area is 137 Å². The summed E-state index contributed by atoms with van der Waals surface area (Å²) in [4.78, 5) is 11.7. The van der Waals surface area contributed by atoms with Crippen molar-refractivity contribution in [2.45, 2.75) is 97.3 Å². The minimum Gasteiger partial charge on any atom is -0.465 e. The monoisotopic (exact) mass is 308 g/mol. The molecule has 128 valence electrons. The van der Waals surface area contributed by atoms with Gasteiger partial charge in [-0.15, -0.1) is 0 Å². The Morgan fingerprint density at radius 1 is 1.09 bits per heavy atom. The predicted molar refractivity (Wildman–Crippen MR) is 93.9 cm³/mol. The molecule has 0 aliphatic heterocycles. The Balaban J connectivity index is 1.82. The van der Waals surface area contributed by atoms with Gasteiger partial charge in [0.2, 0.25) is 0 Å². The van der Waals surface area contributed by atoms with E-state index in [4.69, 9.17) is 4.74 Å². The fraction of sp³-hybridized carbons (Fsp3) is 0.850. The van der Waals surface area contributed by atoms with Gasteiger partial charge in [-0.3, -0.25) is 4.79 Å². The molecule has 0 amide bonds. The zero-order chi connectivity index (χ0) is 16.0. The molecule has 2 heteroatoms. The van der Waals surface area contributed by atoms with Gasteiger partial charge in [-0.25, -0.2) is 0 Å². The lowest BCUT2D eigenvalue weighted by atomic mass is 10.0. The van der Waals surface area contributed by atoms with Gasteiger partial charge in [0.25, 0.3) is 0 Å². The molecule has 1 aliphatic rings. The van der Waals surface area contributed by atoms with Gasteiger partial charge < -0.3 is 4.74 Å². The quantitative estimate of drug-likeness (QED) is 0.205. The van der Waals surface area contributed by atoms with Gasteiger partial charge in [0.1, 0.15) is 0 Å². The van der Waals surface area contributed by atoms with Crippen LogP contribution in [-0.4, -0.2) is 12.6 Å². The Bertz CT molecular complexity index is 320. The molecular weight excluding hydrogens is 272 g/mol. The van der Waals surface area contributed by atoms with E-state index in [0.29, 0.717) is 18.9 Å². The van der Waals surface area contributed by atoms with Crippen molar-refractivity contribution in [3.63, 3.8) is 0 Å². The van der Waals surface area contributed by atoms with Crippen LogP contribution in [0.1, 0.15) is 97.3 Å². The fourth-order valence-electron chi connectivity index (χ4n) is 2.74. The van der Waals surface area contributed by atoms with Crippen molar-refractivity contribution in [1.29, 1.82) is 0 Å². The Kier molecular flexibility index (Phi) is 11.1. The van der Waals surface area contributed by atoms with Crippen molar-refractivity contribution in [2.75, 3.05) is 6.61 Å². The highest BCUT2D eigenvalue weighted by molar-refractivity contribution is 5.69. The third-order valence-electron chi connectivity index (χ3n) is 4.45. The van der Waals surface area contributed by atoms with Crippen molar-refractivity contribution >= 4 is 5.97 Å². The Morgan fingerprint density at radius 3 is 2.50 bits per heavy atom. The van der Waals surface area contributed by atoms with E-state index < -0.39 is 0 Å². The number of hydrogen-bond donors (Lipinski definition) is 0. The number of carbonyl (C=O) groups excluding carboxylic acids is 1. The second kappa shape index (κ2) is 12.7. The molecule has 0 saturated heterocycles. The highest BCUT2D eigenvalue weighted by Gasteiger charge is 2.08. The average Bonchev–Trinajstić information content (AvgIpc) is 3.33. The van der Waals surface area contributed by atoms with E-state index >= 15 is 0 Å². The maximum absolute atomic E-state index is 11.7. The van der Waals surface area contributed by atoms with Crippen LogP contribution in [0.25, 0.3) is 0 Å². The summed E-state index contributed by atoms with van der Waals surface area (Å²) in [7, 11) is 0. The topological polar surface area (TPSA) is 26.3 Å². The number of rotatable bonds is 15. The fourth-order valence-corrected chi connectivity index (χ4v) is 2.74. The zero-order valence-corrected chi connectivity index (χ0v) is 14.9. The molecule has 1 atom stereocenters. The molecule has 0 fully saturated rings. The van der Waals surface area contributed by atoms with Gasteiger partial charge in [-0.1, -0.05) is 70.4 Å². The SMILES string of the molecule is CCCCCCC(C)COC(=O)CCCCCCCC1=CC1. The molecule has 2 nitrogen and oxygen atoms in total. The summed E-state index contributed by atoms with van der Waals surface area (Å²) in [5.74, 6) is 0.515. The van der Waals surface area contributed by atoms with Crippen LogP contribution in [0.2, 0.25) is 0 Å². The van der Waals surface area contributed by atoms with Crippen LogP contribution < -0.4 is 0 Å². The largest absolute Gasteiger partial charge is 0.465 e. The van der Waals surface area contributed by atoms with E-state index in [0.717, 1.165) is 6.42 Å². The molecule has 1 rings (SSSR count). The molecular formula is C20H36O2. The maximum atomic E-state index is 11.7. The number of carbonyl (C=O) groups is 1. The van der Waals surface area contributed by atoms with Crippen LogP contribution in [-0.2, 0) is 9.53 Å². The van der Waals surface area contributed by atoms with E-state index in [9.17, 15) is 4.79 Å². The van der Waals surface area contributed by atoms with Crippen molar-refractivity contribution in [2.24, 2.45) is 5.92 Å². The van der Waals surface area contributed by atoms with Crippen LogP contribution in [0.5, 0.6) is 0 Å². The van der Waals surface area contributed by atoms with Gasteiger partial charge in [-0.05, 0) is 38.0 Å². The minimum atomic E-state index is 0.00328. The molecule has 0 aromatic carbocycles. The lowest BCUT2D eigenvalue weighted by Crippen LogP contribution is -2.11. The summed E-state index contributed by atoms with van der Waals surface area (Å²) >= 11 is 0. The van der Waals surface area contributed by atoms with Crippen LogP contribution in [0, 0.1) is 5.92 Å². The van der Waals surface area contributed by atoms with Crippen LogP contribution >= 0.6 is 0 Å². The van der Waals surface area contributed by atoms with Crippen molar-refractivity contribution in [3.8, 4) is 0 Å². The second-order valence-corrected chi connectivity index (χ2v) is 6.97. The number of ether oxygens (including phenoxy) is 1. The molecule has 0 N–H and O–H groups in total. The molecule has 0 heterocycles. The number of esters is 1. The van der Waals surface area contributed by atoms with Crippen LogP contribution in [0.15, 0.2) is 11.6 Å². The minimum absolute atomic E-state index is 0.00328. The van der Waals surface area contributed by atoms with Crippen molar-refractivity contribution in [3.05, 3.63) is 11.6 Å². The number of allylic oxidation sites excluding steroid dienone is 2. The number of hydrogen-bond acceptors (Lipinski definition) is 2. The first-order chi connectivity index (χ1) is 10.7. The third kappa shape index (κ3) is 11.8. The molecule has 0 saturated carbocycles. The molecule has 0 radical (unpaired) electrons. The van der Waals surface area contributed by atoms with E-state index in [2.05, 4.69) is 19.9 Å². The molecule has 0 bridgehead atoms. The van der Waals surface area contributed by atoms with Crippen molar-refractivity contribution < 1.29 is 9.53 Å². The van der Waals surface area contributed by atoms with E-state index in [1.165, 1.54) is 70.6 Å². The van der Waals surface area contributed by atoms with Crippen LogP contribution in [0.4, 0.5) is 0 Å². The molecule has 1 aliphatic carbocycles. The normalized spacial score (nSPS) is 14.5.